The summed E-state index contributed by atoms with van der Waals surface area (Å²) in [6.45, 7) is 2.02. The molecule has 1 atom stereocenters. The van der Waals surface area contributed by atoms with Crippen molar-refractivity contribution in [3.05, 3.63) is 40.6 Å². The van der Waals surface area contributed by atoms with Gasteiger partial charge in [0.25, 0.3) is 5.91 Å². The lowest BCUT2D eigenvalue weighted by Crippen LogP contribution is -2.21. The van der Waals surface area contributed by atoms with Gasteiger partial charge < -0.3 is 15.3 Å². The fourth-order valence-corrected chi connectivity index (χ4v) is 3.25. The van der Waals surface area contributed by atoms with Crippen molar-refractivity contribution in [1.29, 1.82) is 0 Å². The van der Waals surface area contributed by atoms with Gasteiger partial charge in [-0.1, -0.05) is 0 Å². The van der Waals surface area contributed by atoms with Crippen LogP contribution >= 0.6 is 15.9 Å². The summed E-state index contributed by atoms with van der Waals surface area (Å²) in [7, 11) is 0. The molecule has 3 rings (SSSR count). The van der Waals surface area contributed by atoms with E-state index in [1.807, 2.05) is 18.2 Å². The van der Waals surface area contributed by atoms with Crippen LogP contribution < -0.4 is 10.2 Å². The van der Waals surface area contributed by atoms with Crippen molar-refractivity contribution in [2.75, 3.05) is 29.9 Å². The first-order chi connectivity index (χ1) is 10.7. The molecule has 3 N–H and O–H groups in total. The highest BCUT2D eigenvalue weighted by molar-refractivity contribution is 9.10. The summed E-state index contributed by atoms with van der Waals surface area (Å²) >= 11 is 3.56. The molecule has 1 aliphatic rings. The number of aromatic nitrogens is 2. The number of anilines is 2. The van der Waals surface area contributed by atoms with Crippen LogP contribution in [0, 0.1) is 5.92 Å². The van der Waals surface area contributed by atoms with Gasteiger partial charge in [0.1, 0.15) is 5.69 Å². The summed E-state index contributed by atoms with van der Waals surface area (Å²) in [5.74, 6) is 0.116. The first-order valence-electron chi connectivity index (χ1n) is 7.13. The number of aromatic amines is 1. The van der Waals surface area contributed by atoms with Gasteiger partial charge in [0, 0.05) is 42.0 Å². The number of halogens is 1. The minimum atomic E-state index is -0.223. The van der Waals surface area contributed by atoms with E-state index in [1.165, 1.54) is 0 Å². The Morgan fingerprint density at radius 1 is 1.50 bits per heavy atom. The molecule has 1 saturated heterocycles. The first kappa shape index (κ1) is 15.1. The maximum Gasteiger partial charge on any atom is 0.273 e. The number of benzene rings is 1. The summed E-state index contributed by atoms with van der Waals surface area (Å²) in [6, 6.07) is 7.36. The number of hydrogen-bond acceptors (Lipinski definition) is 4. The molecule has 116 valence electrons. The molecule has 0 bridgehead atoms. The van der Waals surface area contributed by atoms with Crippen molar-refractivity contribution < 1.29 is 9.90 Å². The Kier molecular flexibility index (Phi) is 4.44. The van der Waals surface area contributed by atoms with Crippen LogP contribution in [0.25, 0.3) is 0 Å². The predicted molar refractivity (Wildman–Crippen MR) is 88.1 cm³/mol. The average molecular weight is 365 g/mol. The quantitative estimate of drug-likeness (QED) is 0.776. The van der Waals surface area contributed by atoms with Crippen LogP contribution in [-0.2, 0) is 0 Å². The highest BCUT2D eigenvalue weighted by Crippen LogP contribution is 2.32. The Bertz CT molecular complexity index is 660. The predicted octanol–water partition coefficient (Wildman–Crippen LogP) is 2.24. The Balaban J connectivity index is 1.71. The molecular weight excluding hydrogens is 348 g/mol. The molecule has 1 amide bonds. The van der Waals surface area contributed by atoms with E-state index in [0.29, 0.717) is 17.3 Å². The van der Waals surface area contributed by atoms with Crippen LogP contribution in [-0.4, -0.2) is 40.9 Å². The van der Waals surface area contributed by atoms with Crippen molar-refractivity contribution in [3.8, 4) is 0 Å². The number of aliphatic hydroxyl groups is 1. The minimum Gasteiger partial charge on any atom is -0.396 e. The van der Waals surface area contributed by atoms with Gasteiger partial charge in [0.2, 0.25) is 0 Å². The number of H-pyrrole nitrogens is 1. The van der Waals surface area contributed by atoms with Crippen LogP contribution in [0.5, 0.6) is 0 Å². The van der Waals surface area contributed by atoms with Crippen LogP contribution in [0.2, 0.25) is 0 Å². The third-order valence-electron chi connectivity index (χ3n) is 3.84. The average Bonchev–Trinajstić information content (AvgIpc) is 3.19. The minimum absolute atomic E-state index is 0.223. The molecular formula is C15H17BrN4O2. The smallest absolute Gasteiger partial charge is 0.273 e. The zero-order valence-electron chi connectivity index (χ0n) is 11.9. The fourth-order valence-electron chi connectivity index (χ4n) is 2.62. The van der Waals surface area contributed by atoms with E-state index in [1.54, 1.807) is 12.3 Å². The Morgan fingerprint density at radius 3 is 3.00 bits per heavy atom. The molecule has 2 heterocycles. The highest BCUT2D eigenvalue weighted by atomic mass is 79.9. The Morgan fingerprint density at radius 2 is 2.36 bits per heavy atom. The van der Waals surface area contributed by atoms with Crippen LogP contribution in [0.1, 0.15) is 16.9 Å². The van der Waals surface area contributed by atoms with Crippen molar-refractivity contribution in [1.82, 2.24) is 10.2 Å². The lowest BCUT2D eigenvalue weighted by atomic mass is 10.1. The normalized spacial score (nSPS) is 17.7. The standard InChI is InChI=1S/C15H17BrN4O2/c16-12-7-11(18-15(22)13-3-5-17-19-13)1-2-14(12)20-6-4-10(8-20)9-21/h1-3,5,7,10,21H,4,6,8-9H2,(H,17,19)(H,18,22). The monoisotopic (exact) mass is 364 g/mol. The van der Waals surface area contributed by atoms with Crippen LogP contribution in [0.3, 0.4) is 0 Å². The van der Waals surface area contributed by atoms with Gasteiger partial charge >= 0.3 is 0 Å². The van der Waals surface area contributed by atoms with Gasteiger partial charge in [0.15, 0.2) is 0 Å². The fraction of sp³-hybridized carbons (Fsp3) is 0.333. The zero-order valence-corrected chi connectivity index (χ0v) is 13.5. The molecule has 0 aliphatic carbocycles. The van der Waals surface area contributed by atoms with Crippen LogP contribution in [0.15, 0.2) is 34.9 Å². The molecule has 6 nitrogen and oxygen atoms in total. The van der Waals surface area contributed by atoms with Gasteiger partial charge in [-0.05, 0) is 46.6 Å². The summed E-state index contributed by atoms with van der Waals surface area (Å²) in [4.78, 5) is 14.2. The number of rotatable bonds is 4. The van der Waals surface area contributed by atoms with Crippen molar-refractivity contribution in [2.24, 2.45) is 5.92 Å². The van der Waals surface area contributed by atoms with Gasteiger partial charge in [-0.25, -0.2) is 0 Å². The lowest BCUT2D eigenvalue weighted by Gasteiger charge is -2.20. The second-order valence-electron chi connectivity index (χ2n) is 5.37. The maximum atomic E-state index is 12.0. The molecule has 7 heteroatoms. The summed E-state index contributed by atoms with van der Waals surface area (Å²) in [6.07, 6.45) is 2.54. The van der Waals surface area contributed by atoms with Crippen molar-refractivity contribution in [3.63, 3.8) is 0 Å². The van der Waals surface area contributed by atoms with E-state index in [9.17, 15) is 9.90 Å². The van der Waals surface area contributed by atoms with E-state index in [2.05, 4.69) is 36.3 Å². The number of nitrogens with one attached hydrogen (secondary N) is 2. The Hall–Kier alpha value is -1.86. The number of carbonyl (C=O) groups is 1. The molecule has 1 unspecified atom stereocenters. The summed E-state index contributed by atoms with van der Waals surface area (Å²) in [5, 5.41) is 18.5. The van der Waals surface area contributed by atoms with Crippen molar-refractivity contribution in [2.45, 2.75) is 6.42 Å². The lowest BCUT2D eigenvalue weighted by molar-refractivity contribution is 0.102. The van der Waals surface area contributed by atoms with E-state index in [0.717, 1.165) is 29.7 Å². The topological polar surface area (TPSA) is 81.2 Å². The number of amides is 1. The Labute approximate surface area is 136 Å². The molecule has 0 spiro atoms. The van der Waals surface area contributed by atoms with Gasteiger partial charge in [0.05, 0.1) is 5.69 Å². The maximum absolute atomic E-state index is 12.0. The molecule has 1 aromatic heterocycles. The molecule has 22 heavy (non-hydrogen) atoms. The second kappa shape index (κ2) is 6.50. The molecule has 1 fully saturated rings. The number of aliphatic hydroxyl groups excluding tert-OH is 1. The number of hydrogen-bond donors (Lipinski definition) is 3. The first-order valence-corrected chi connectivity index (χ1v) is 7.92. The van der Waals surface area contributed by atoms with E-state index < -0.39 is 0 Å². The van der Waals surface area contributed by atoms with Gasteiger partial charge in [-0.2, -0.15) is 5.10 Å². The largest absolute Gasteiger partial charge is 0.396 e. The third-order valence-corrected chi connectivity index (χ3v) is 4.47. The van der Waals surface area contributed by atoms with E-state index >= 15 is 0 Å². The molecule has 0 radical (unpaired) electrons. The van der Waals surface area contributed by atoms with Crippen LogP contribution in [0.4, 0.5) is 11.4 Å². The van der Waals surface area contributed by atoms with Crippen molar-refractivity contribution >= 4 is 33.2 Å². The molecule has 0 saturated carbocycles. The molecule has 2 aromatic rings. The number of carbonyl (C=O) groups excluding carboxylic acids is 1. The molecule has 1 aromatic carbocycles. The summed E-state index contributed by atoms with van der Waals surface area (Å²) in [5.41, 5.74) is 2.22. The van der Waals surface area contributed by atoms with E-state index in [4.69, 9.17) is 0 Å². The number of nitrogens with zero attached hydrogens (tertiary/aromatic N) is 2. The van der Waals surface area contributed by atoms with E-state index in [-0.39, 0.29) is 12.5 Å². The third kappa shape index (κ3) is 3.15. The highest BCUT2D eigenvalue weighted by Gasteiger charge is 2.23. The molecule has 1 aliphatic heterocycles. The summed E-state index contributed by atoms with van der Waals surface area (Å²) < 4.78 is 0.925. The second-order valence-corrected chi connectivity index (χ2v) is 6.23. The van der Waals surface area contributed by atoms with Gasteiger partial charge in [-0.3, -0.25) is 9.89 Å². The zero-order chi connectivity index (χ0) is 15.5. The van der Waals surface area contributed by atoms with Gasteiger partial charge in [-0.15, -0.1) is 0 Å². The SMILES string of the molecule is O=C(Nc1ccc(N2CCC(CO)C2)c(Br)c1)c1ccn[nH]1.